The van der Waals surface area contributed by atoms with Crippen LogP contribution >= 0.6 is 11.6 Å². The van der Waals surface area contributed by atoms with Crippen molar-refractivity contribution in [1.29, 1.82) is 0 Å². The minimum absolute atomic E-state index is 0.0328. The monoisotopic (exact) mass is 304 g/mol. The van der Waals surface area contributed by atoms with E-state index in [4.69, 9.17) is 17.3 Å². The summed E-state index contributed by atoms with van der Waals surface area (Å²) in [5, 5.41) is 0.282. The molecule has 5 heteroatoms. The van der Waals surface area contributed by atoms with Crippen molar-refractivity contribution in [2.24, 2.45) is 0 Å². The number of amides is 1. The first-order chi connectivity index (χ1) is 10.0. The summed E-state index contributed by atoms with van der Waals surface area (Å²) in [7, 11) is 0. The number of carbonyl (C=O) groups is 1. The average molecular weight is 305 g/mol. The predicted octanol–water partition coefficient (Wildman–Crippen LogP) is 3.15. The molecule has 0 atom stereocenters. The smallest absolute Gasteiger partial charge is 0.227 e. The fourth-order valence-corrected chi connectivity index (χ4v) is 2.78. The van der Waals surface area contributed by atoms with Crippen molar-refractivity contribution in [2.45, 2.75) is 19.5 Å². The molecule has 1 amide bonds. The number of nitrogens with two attached hydrogens (primary N) is 1. The van der Waals surface area contributed by atoms with Gasteiger partial charge in [0.2, 0.25) is 5.91 Å². The molecule has 0 unspecified atom stereocenters. The first-order valence-electron chi connectivity index (χ1n) is 6.62. The fraction of sp³-hybridized carbons (Fsp3) is 0.188. The number of hydrogen-bond donors (Lipinski definition) is 1. The van der Waals surface area contributed by atoms with E-state index in [1.165, 1.54) is 12.1 Å². The molecule has 0 saturated carbocycles. The van der Waals surface area contributed by atoms with Gasteiger partial charge in [0.15, 0.2) is 0 Å². The Morgan fingerprint density at radius 2 is 2.00 bits per heavy atom. The Morgan fingerprint density at radius 1 is 1.24 bits per heavy atom. The number of nitrogens with zero attached hydrogens (tertiary/aromatic N) is 1. The third kappa shape index (κ3) is 2.72. The van der Waals surface area contributed by atoms with Crippen LogP contribution in [0.4, 0.5) is 10.1 Å². The minimum atomic E-state index is -0.447. The zero-order chi connectivity index (χ0) is 15.0. The third-order valence-corrected chi connectivity index (χ3v) is 4.05. The van der Waals surface area contributed by atoms with Crippen LogP contribution in [-0.4, -0.2) is 10.8 Å². The van der Waals surface area contributed by atoms with E-state index in [2.05, 4.69) is 0 Å². The van der Waals surface area contributed by atoms with Gasteiger partial charge in [-0.05, 0) is 35.4 Å². The number of benzene rings is 2. The van der Waals surface area contributed by atoms with E-state index in [-0.39, 0.29) is 22.9 Å². The van der Waals surface area contributed by atoms with E-state index in [1.54, 1.807) is 11.0 Å². The number of halogens is 2. The van der Waals surface area contributed by atoms with Crippen LogP contribution in [0.1, 0.15) is 16.7 Å². The quantitative estimate of drug-likeness (QED) is 0.866. The highest BCUT2D eigenvalue weighted by molar-refractivity contribution is 6.31. The molecule has 0 fully saturated rings. The molecule has 0 aliphatic carbocycles. The Morgan fingerprint density at radius 3 is 2.76 bits per heavy atom. The number of nitrogen functional groups attached to an aromatic ring is 1. The number of anilines is 1. The van der Waals surface area contributed by atoms with E-state index in [0.717, 1.165) is 11.1 Å². The maximum Gasteiger partial charge on any atom is 0.227 e. The van der Waals surface area contributed by atoms with Crippen molar-refractivity contribution in [3.63, 3.8) is 0 Å². The van der Waals surface area contributed by atoms with Crippen LogP contribution in [0.15, 0.2) is 36.4 Å². The van der Waals surface area contributed by atoms with Crippen molar-refractivity contribution in [3.05, 3.63) is 63.9 Å². The van der Waals surface area contributed by atoms with Gasteiger partial charge in [0.1, 0.15) is 5.82 Å². The van der Waals surface area contributed by atoms with Crippen LogP contribution in [0, 0.1) is 5.82 Å². The second-order valence-electron chi connectivity index (χ2n) is 5.15. The van der Waals surface area contributed by atoms with Gasteiger partial charge in [0, 0.05) is 29.4 Å². The maximum atomic E-state index is 13.7. The van der Waals surface area contributed by atoms with Gasteiger partial charge in [0.05, 0.1) is 6.42 Å². The lowest BCUT2D eigenvalue weighted by Gasteiger charge is -2.16. The van der Waals surface area contributed by atoms with Crippen molar-refractivity contribution < 1.29 is 9.18 Å². The minimum Gasteiger partial charge on any atom is -0.399 e. The summed E-state index contributed by atoms with van der Waals surface area (Å²) in [6.07, 6.45) is -0.0328. The second-order valence-corrected chi connectivity index (χ2v) is 5.56. The number of fused-ring (bicyclic) bond motifs is 1. The van der Waals surface area contributed by atoms with Gasteiger partial charge in [-0.15, -0.1) is 0 Å². The molecule has 108 valence electrons. The Balaban J connectivity index is 1.76. The Bertz CT molecular complexity index is 697. The zero-order valence-corrected chi connectivity index (χ0v) is 12.0. The van der Waals surface area contributed by atoms with E-state index < -0.39 is 5.82 Å². The van der Waals surface area contributed by atoms with Gasteiger partial charge in [0.25, 0.3) is 0 Å². The Labute approximate surface area is 127 Å². The SMILES string of the molecule is Nc1ccc2c(c1)CN(C(=O)Cc1c(F)cccc1Cl)C2. The lowest BCUT2D eigenvalue weighted by Crippen LogP contribution is -2.27. The molecule has 0 bridgehead atoms. The largest absolute Gasteiger partial charge is 0.399 e. The van der Waals surface area contributed by atoms with Crippen LogP contribution < -0.4 is 5.73 Å². The topological polar surface area (TPSA) is 46.3 Å². The maximum absolute atomic E-state index is 13.7. The molecule has 21 heavy (non-hydrogen) atoms. The highest BCUT2D eigenvalue weighted by Gasteiger charge is 2.24. The van der Waals surface area contributed by atoms with Gasteiger partial charge in [-0.3, -0.25) is 4.79 Å². The molecule has 2 aromatic rings. The third-order valence-electron chi connectivity index (χ3n) is 3.70. The number of carbonyl (C=O) groups excluding carboxylic acids is 1. The molecule has 3 rings (SSSR count). The normalized spacial score (nSPS) is 13.3. The standard InChI is InChI=1S/C16H14ClFN2O/c17-14-2-1-3-15(18)13(14)7-16(21)20-8-10-4-5-12(19)6-11(10)9-20/h1-6H,7-9,19H2. The van der Waals surface area contributed by atoms with Crippen LogP contribution in [-0.2, 0) is 24.3 Å². The summed E-state index contributed by atoms with van der Waals surface area (Å²) < 4.78 is 13.7. The predicted molar refractivity (Wildman–Crippen MR) is 80.2 cm³/mol. The molecule has 3 nitrogen and oxygen atoms in total. The molecule has 0 saturated heterocycles. The lowest BCUT2D eigenvalue weighted by molar-refractivity contribution is -0.131. The highest BCUT2D eigenvalue weighted by atomic mass is 35.5. The van der Waals surface area contributed by atoms with Gasteiger partial charge in [-0.1, -0.05) is 23.7 Å². The summed E-state index contributed by atoms with van der Waals surface area (Å²) in [4.78, 5) is 14.0. The molecular formula is C16H14ClFN2O. The van der Waals surface area contributed by atoms with E-state index >= 15 is 0 Å². The van der Waals surface area contributed by atoms with E-state index in [1.807, 2.05) is 18.2 Å². The van der Waals surface area contributed by atoms with Gasteiger partial charge in [-0.2, -0.15) is 0 Å². The molecule has 1 aliphatic heterocycles. The van der Waals surface area contributed by atoms with E-state index in [0.29, 0.717) is 18.8 Å². The first-order valence-corrected chi connectivity index (χ1v) is 7.00. The van der Waals surface area contributed by atoms with Crippen LogP contribution in [0.25, 0.3) is 0 Å². The van der Waals surface area contributed by atoms with Crippen LogP contribution in [0.2, 0.25) is 5.02 Å². The first kappa shape index (κ1) is 13.9. The Hall–Kier alpha value is -2.07. The van der Waals surface area contributed by atoms with Gasteiger partial charge in [-0.25, -0.2) is 4.39 Å². The molecule has 0 radical (unpaired) electrons. The zero-order valence-electron chi connectivity index (χ0n) is 11.3. The lowest BCUT2D eigenvalue weighted by atomic mass is 10.1. The molecule has 2 N–H and O–H groups in total. The Kier molecular flexibility index (Phi) is 3.55. The molecule has 2 aromatic carbocycles. The van der Waals surface area contributed by atoms with Crippen molar-refractivity contribution in [3.8, 4) is 0 Å². The fourth-order valence-electron chi connectivity index (χ4n) is 2.56. The molecule has 0 aromatic heterocycles. The van der Waals surface area contributed by atoms with Crippen molar-refractivity contribution in [1.82, 2.24) is 4.90 Å². The number of hydrogen-bond acceptors (Lipinski definition) is 2. The highest BCUT2D eigenvalue weighted by Crippen LogP contribution is 2.26. The summed E-state index contributed by atoms with van der Waals surface area (Å²) in [6, 6.07) is 10.0. The molecule has 0 spiro atoms. The van der Waals surface area contributed by atoms with Crippen molar-refractivity contribution >= 4 is 23.2 Å². The molecule has 1 aliphatic rings. The van der Waals surface area contributed by atoms with Crippen molar-refractivity contribution in [2.75, 3.05) is 5.73 Å². The second kappa shape index (κ2) is 5.37. The summed E-state index contributed by atoms with van der Waals surface area (Å²) in [5.41, 5.74) is 8.80. The number of rotatable bonds is 2. The summed E-state index contributed by atoms with van der Waals surface area (Å²) >= 11 is 5.96. The summed E-state index contributed by atoms with van der Waals surface area (Å²) in [5.74, 6) is -0.589. The average Bonchev–Trinajstić information content (AvgIpc) is 2.86. The van der Waals surface area contributed by atoms with E-state index in [9.17, 15) is 9.18 Å². The van der Waals surface area contributed by atoms with Gasteiger partial charge >= 0.3 is 0 Å². The van der Waals surface area contributed by atoms with Crippen LogP contribution in [0.3, 0.4) is 0 Å². The molecule has 1 heterocycles. The molecular weight excluding hydrogens is 291 g/mol. The van der Waals surface area contributed by atoms with Crippen LogP contribution in [0.5, 0.6) is 0 Å². The summed E-state index contributed by atoms with van der Waals surface area (Å²) in [6.45, 7) is 1.03. The van der Waals surface area contributed by atoms with Gasteiger partial charge < -0.3 is 10.6 Å².